The minimum absolute atomic E-state index is 0.212. The molecule has 0 saturated heterocycles. The quantitative estimate of drug-likeness (QED) is 0.785. The second-order valence-corrected chi connectivity index (χ2v) is 4.20. The van der Waals surface area contributed by atoms with Crippen LogP contribution in [0.2, 0.25) is 5.02 Å². The Labute approximate surface area is 117 Å². The zero-order valence-corrected chi connectivity index (χ0v) is 11.1. The van der Waals surface area contributed by atoms with Crippen LogP contribution in [0.3, 0.4) is 0 Å². The molecule has 1 amide bonds. The number of hydrogen-bond donors (Lipinski definition) is 3. The predicted molar refractivity (Wildman–Crippen MR) is 73.6 cm³/mol. The van der Waals surface area contributed by atoms with Gasteiger partial charge in [0.05, 0.1) is 12.1 Å². The van der Waals surface area contributed by atoms with Gasteiger partial charge in [-0.15, -0.1) is 0 Å². The van der Waals surface area contributed by atoms with Gasteiger partial charge in [-0.1, -0.05) is 11.6 Å². The van der Waals surface area contributed by atoms with E-state index in [2.05, 4.69) is 10.3 Å². The number of carbonyl (C=O) groups is 1. The van der Waals surface area contributed by atoms with Gasteiger partial charge in [0, 0.05) is 11.9 Å². The molecule has 1 aromatic heterocycles. The van der Waals surface area contributed by atoms with Crippen LogP contribution in [0.25, 0.3) is 0 Å². The van der Waals surface area contributed by atoms with E-state index in [-0.39, 0.29) is 5.56 Å². The van der Waals surface area contributed by atoms with Crippen LogP contribution in [0.15, 0.2) is 34.0 Å². The number of carbonyl (C=O) groups excluding carboxylic acids is 1. The number of H-pyrrole nitrogens is 2. The summed E-state index contributed by atoms with van der Waals surface area (Å²) in [6, 6.07) is 4.63. The molecule has 3 N–H and O–H groups in total. The van der Waals surface area contributed by atoms with Crippen molar-refractivity contribution in [3.8, 4) is 5.75 Å². The Bertz CT molecular complexity index is 766. The van der Waals surface area contributed by atoms with Crippen LogP contribution in [-0.2, 0) is 0 Å². The van der Waals surface area contributed by atoms with Crippen LogP contribution >= 0.6 is 11.6 Å². The number of amides is 1. The Balaban J connectivity index is 2.25. The first-order chi connectivity index (χ1) is 9.51. The summed E-state index contributed by atoms with van der Waals surface area (Å²) in [4.78, 5) is 38.4. The first-order valence-electron chi connectivity index (χ1n) is 5.48. The second kappa shape index (κ2) is 5.62. The monoisotopic (exact) mass is 295 g/mol. The molecule has 7 nitrogen and oxygen atoms in total. The van der Waals surface area contributed by atoms with E-state index in [4.69, 9.17) is 16.3 Å². The Hall–Kier alpha value is -2.54. The minimum atomic E-state index is -0.772. The van der Waals surface area contributed by atoms with Crippen molar-refractivity contribution in [2.24, 2.45) is 0 Å². The summed E-state index contributed by atoms with van der Waals surface area (Å²) >= 11 is 5.92. The van der Waals surface area contributed by atoms with Crippen LogP contribution in [0.1, 0.15) is 10.4 Å². The Morgan fingerprint density at radius 3 is 2.70 bits per heavy atom. The number of ether oxygens (including phenoxy) is 1. The maximum Gasteiger partial charge on any atom is 0.325 e. The van der Waals surface area contributed by atoms with E-state index >= 15 is 0 Å². The van der Waals surface area contributed by atoms with Crippen LogP contribution in [0, 0.1) is 0 Å². The third-order valence-corrected chi connectivity index (χ3v) is 2.77. The largest absolute Gasteiger partial charge is 0.495 e. The molecule has 2 rings (SSSR count). The molecule has 0 radical (unpaired) electrons. The lowest BCUT2D eigenvalue weighted by molar-refractivity contribution is 0.102. The number of rotatable bonds is 3. The van der Waals surface area contributed by atoms with Gasteiger partial charge in [-0.05, 0) is 18.2 Å². The van der Waals surface area contributed by atoms with Gasteiger partial charge in [0.25, 0.3) is 11.5 Å². The van der Waals surface area contributed by atoms with Crippen molar-refractivity contribution in [1.82, 2.24) is 9.97 Å². The first-order valence-corrected chi connectivity index (χ1v) is 5.86. The van der Waals surface area contributed by atoms with Crippen LogP contribution < -0.4 is 21.3 Å². The molecule has 2 aromatic rings. The van der Waals surface area contributed by atoms with Crippen LogP contribution in [0.5, 0.6) is 5.75 Å². The fraction of sp³-hybridized carbons (Fsp3) is 0.0833. The number of anilines is 1. The maximum absolute atomic E-state index is 11.9. The molecule has 0 atom stereocenters. The topological polar surface area (TPSA) is 104 Å². The Morgan fingerprint density at radius 1 is 1.35 bits per heavy atom. The minimum Gasteiger partial charge on any atom is -0.495 e. The van der Waals surface area contributed by atoms with E-state index in [0.29, 0.717) is 16.5 Å². The van der Waals surface area contributed by atoms with Gasteiger partial charge in [-0.25, -0.2) is 4.79 Å². The van der Waals surface area contributed by atoms with E-state index in [1.165, 1.54) is 13.2 Å². The zero-order valence-electron chi connectivity index (χ0n) is 10.3. The summed E-state index contributed by atoms with van der Waals surface area (Å²) in [5.74, 6) is -0.199. The molecular formula is C12H10ClN3O4. The van der Waals surface area contributed by atoms with Gasteiger partial charge in [-0.3, -0.25) is 14.6 Å². The Kier molecular flexibility index (Phi) is 3.90. The lowest BCUT2D eigenvalue weighted by Crippen LogP contribution is -2.29. The highest BCUT2D eigenvalue weighted by atomic mass is 35.5. The molecule has 0 unspecified atom stereocenters. The van der Waals surface area contributed by atoms with Crippen molar-refractivity contribution in [3.63, 3.8) is 0 Å². The number of halogens is 1. The van der Waals surface area contributed by atoms with E-state index in [9.17, 15) is 14.4 Å². The van der Waals surface area contributed by atoms with E-state index < -0.39 is 17.2 Å². The average molecular weight is 296 g/mol. The summed E-state index contributed by atoms with van der Waals surface area (Å²) in [5, 5.41) is 2.81. The lowest BCUT2D eigenvalue weighted by atomic mass is 10.2. The van der Waals surface area contributed by atoms with Gasteiger partial charge < -0.3 is 15.0 Å². The molecule has 20 heavy (non-hydrogen) atoms. The van der Waals surface area contributed by atoms with Crippen LogP contribution in [-0.4, -0.2) is 23.0 Å². The highest BCUT2D eigenvalue weighted by Gasteiger charge is 2.12. The average Bonchev–Trinajstić information content (AvgIpc) is 2.38. The van der Waals surface area contributed by atoms with E-state index in [0.717, 1.165) is 6.20 Å². The number of hydrogen-bond acceptors (Lipinski definition) is 4. The molecule has 104 valence electrons. The summed E-state index contributed by atoms with van der Waals surface area (Å²) in [6.07, 6.45) is 1.04. The molecule has 1 aromatic carbocycles. The van der Waals surface area contributed by atoms with Crippen molar-refractivity contribution < 1.29 is 9.53 Å². The van der Waals surface area contributed by atoms with Crippen molar-refractivity contribution in [2.75, 3.05) is 12.4 Å². The molecule has 0 fully saturated rings. The standard InChI is InChI=1S/C12H10ClN3O4/c1-20-9-3-2-6(4-8(9)13)15-10(17)7-5-14-12(19)16-11(7)18/h2-5H,1H3,(H,15,17)(H2,14,16,18,19). The predicted octanol–water partition coefficient (Wildman–Crippen LogP) is 0.977. The summed E-state index contributed by atoms with van der Waals surface area (Å²) in [6.45, 7) is 0. The Morgan fingerprint density at radius 2 is 2.10 bits per heavy atom. The molecule has 0 aliphatic heterocycles. The molecule has 0 aliphatic rings. The molecule has 0 aliphatic carbocycles. The van der Waals surface area contributed by atoms with Crippen molar-refractivity contribution in [2.45, 2.75) is 0 Å². The number of benzene rings is 1. The number of nitrogens with one attached hydrogen (secondary N) is 3. The first kappa shape index (κ1) is 13.9. The molecule has 0 bridgehead atoms. The van der Waals surface area contributed by atoms with Crippen LogP contribution in [0.4, 0.5) is 5.69 Å². The number of methoxy groups -OCH3 is 1. The van der Waals surface area contributed by atoms with E-state index in [1.54, 1.807) is 12.1 Å². The normalized spacial score (nSPS) is 10.1. The molecular weight excluding hydrogens is 286 g/mol. The number of aromatic nitrogens is 2. The third-order valence-electron chi connectivity index (χ3n) is 2.47. The van der Waals surface area contributed by atoms with Gasteiger partial charge in [0.15, 0.2) is 0 Å². The number of aromatic amines is 2. The maximum atomic E-state index is 11.9. The smallest absolute Gasteiger partial charge is 0.325 e. The second-order valence-electron chi connectivity index (χ2n) is 3.79. The summed E-state index contributed by atoms with van der Waals surface area (Å²) in [7, 11) is 1.47. The zero-order chi connectivity index (χ0) is 14.7. The SMILES string of the molecule is COc1ccc(NC(=O)c2c[nH]c(=O)[nH]c2=O)cc1Cl. The van der Waals surface area contributed by atoms with E-state index in [1.807, 2.05) is 4.98 Å². The molecule has 0 spiro atoms. The molecule has 8 heteroatoms. The lowest BCUT2D eigenvalue weighted by Gasteiger charge is -2.07. The van der Waals surface area contributed by atoms with Gasteiger partial charge >= 0.3 is 5.69 Å². The highest BCUT2D eigenvalue weighted by molar-refractivity contribution is 6.32. The van der Waals surface area contributed by atoms with Gasteiger partial charge in [0.1, 0.15) is 11.3 Å². The fourth-order valence-corrected chi connectivity index (χ4v) is 1.78. The molecule has 1 heterocycles. The third kappa shape index (κ3) is 2.89. The van der Waals surface area contributed by atoms with Gasteiger partial charge in [-0.2, -0.15) is 0 Å². The summed E-state index contributed by atoms with van der Waals surface area (Å²) < 4.78 is 4.98. The molecule has 0 saturated carbocycles. The van der Waals surface area contributed by atoms with Gasteiger partial charge in [0.2, 0.25) is 0 Å². The highest BCUT2D eigenvalue weighted by Crippen LogP contribution is 2.27. The summed E-state index contributed by atoms with van der Waals surface area (Å²) in [5.41, 5.74) is -1.27. The fourth-order valence-electron chi connectivity index (χ4n) is 1.52. The van der Waals surface area contributed by atoms with Crippen molar-refractivity contribution >= 4 is 23.2 Å². The van der Waals surface area contributed by atoms with Crippen molar-refractivity contribution in [1.29, 1.82) is 0 Å². The van der Waals surface area contributed by atoms with Crippen molar-refractivity contribution in [3.05, 3.63) is 55.8 Å².